The Labute approximate surface area is 462 Å². The van der Waals surface area contributed by atoms with Gasteiger partial charge in [-0.3, -0.25) is 14.4 Å². The molecule has 0 aliphatic carbocycles. The first-order chi connectivity index (χ1) is 37.0. The van der Waals surface area contributed by atoms with Crippen molar-refractivity contribution < 1.29 is 28.6 Å². The minimum absolute atomic E-state index is 0.0933. The lowest BCUT2D eigenvalue weighted by Gasteiger charge is -2.18. The van der Waals surface area contributed by atoms with Crippen molar-refractivity contribution in [1.82, 2.24) is 0 Å². The highest BCUT2D eigenvalue weighted by atomic mass is 16.6. The standard InChI is InChI=1S/C69H114O6/c1-4-7-10-13-16-19-22-25-27-29-30-31-32-33-34-35-36-37-38-39-40-41-43-44-47-50-53-56-59-62-68(71)74-65-66(64-73-67(70)61-58-55-52-49-46-24-21-18-15-12-9-6-3)75-69(72)63-60-57-54-51-48-45-42-28-26-23-20-17-14-11-8-5-2/h7,10,16,18-21,23,25,27-28,30-31,33-34,36-37,39-40,42,66H,4-6,8-9,11-15,17,22,24,26,29,32,35,38,41,43-65H2,1-3H3/b10-7-,19-16-,21-18-,23-20-,27-25-,31-30-,34-33-,37-36-,40-39-,42-28-. The summed E-state index contributed by atoms with van der Waals surface area (Å²) < 4.78 is 16.9. The predicted octanol–water partition coefficient (Wildman–Crippen LogP) is 21.2. The Balaban J connectivity index is 4.34. The van der Waals surface area contributed by atoms with Crippen LogP contribution in [0.4, 0.5) is 0 Å². The smallest absolute Gasteiger partial charge is 0.306 e. The van der Waals surface area contributed by atoms with Crippen molar-refractivity contribution in [3.8, 4) is 0 Å². The van der Waals surface area contributed by atoms with Gasteiger partial charge in [-0.15, -0.1) is 0 Å². The summed E-state index contributed by atoms with van der Waals surface area (Å²) in [5.41, 5.74) is 0. The molecule has 0 aliphatic heterocycles. The molecule has 75 heavy (non-hydrogen) atoms. The van der Waals surface area contributed by atoms with Crippen molar-refractivity contribution in [2.45, 2.75) is 284 Å². The van der Waals surface area contributed by atoms with Gasteiger partial charge in [0.05, 0.1) is 0 Å². The van der Waals surface area contributed by atoms with E-state index in [1.807, 2.05) is 0 Å². The summed E-state index contributed by atoms with van der Waals surface area (Å²) in [6, 6.07) is 0. The molecule has 0 bridgehead atoms. The van der Waals surface area contributed by atoms with Gasteiger partial charge >= 0.3 is 17.9 Å². The van der Waals surface area contributed by atoms with E-state index in [2.05, 4.69) is 142 Å². The molecule has 1 unspecified atom stereocenters. The van der Waals surface area contributed by atoms with E-state index in [9.17, 15) is 14.4 Å². The first kappa shape index (κ1) is 70.8. The number of hydrogen-bond acceptors (Lipinski definition) is 6. The molecule has 0 aromatic heterocycles. The predicted molar refractivity (Wildman–Crippen MR) is 325 cm³/mol. The first-order valence-corrected chi connectivity index (χ1v) is 31.0. The normalized spacial score (nSPS) is 12.9. The van der Waals surface area contributed by atoms with Crippen molar-refractivity contribution in [1.29, 1.82) is 0 Å². The monoisotopic (exact) mass is 1040 g/mol. The summed E-state index contributed by atoms with van der Waals surface area (Å²) >= 11 is 0. The number of rotatable bonds is 55. The summed E-state index contributed by atoms with van der Waals surface area (Å²) in [5, 5.41) is 0. The Bertz CT molecular complexity index is 1570. The molecule has 0 fully saturated rings. The van der Waals surface area contributed by atoms with Crippen LogP contribution in [0.2, 0.25) is 0 Å². The highest BCUT2D eigenvalue weighted by Crippen LogP contribution is 2.14. The maximum atomic E-state index is 12.9. The summed E-state index contributed by atoms with van der Waals surface area (Å²) in [7, 11) is 0. The molecule has 426 valence electrons. The number of ether oxygens (including phenoxy) is 3. The molecule has 0 aromatic carbocycles. The van der Waals surface area contributed by atoms with Gasteiger partial charge in [0, 0.05) is 19.3 Å². The van der Waals surface area contributed by atoms with Gasteiger partial charge in [0.25, 0.3) is 0 Å². The van der Waals surface area contributed by atoms with Crippen LogP contribution in [0.1, 0.15) is 278 Å². The zero-order chi connectivity index (χ0) is 54.3. The molecule has 0 aromatic rings. The SMILES string of the molecule is CC/C=C\C/C=C\C/C=C\C/C=C\C/C=C\C/C=C\C/C=C\CCCCCCCCCC(=O)OCC(COC(=O)CCCCCCC/C=C\CCCCC)OC(=O)CCCCCCC/C=C\C/C=C\CCCCCC. The van der Waals surface area contributed by atoms with E-state index in [-0.39, 0.29) is 31.1 Å². The molecule has 1 atom stereocenters. The minimum Gasteiger partial charge on any atom is -0.462 e. The van der Waals surface area contributed by atoms with Crippen LogP contribution in [0.25, 0.3) is 0 Å². The Morgan fingerprint density at radius 2 is 0.520 bits per heavy atom. The van der Waals surface area contributed by atoms with Crippen LogP contribution in [-0.4, -0.2) is 37.2 Å². The van der Waals surface area contributed by atoms with E-state index in [4.69, 9.17) is 14.2 Å². The van der Waals surface area contributed by atoms with Crippen LogP contribution in [-0.2, 0) is 28.6 Å². The third-order valence-electron chi connectivity index (χ3n) is 12.9. The second kappa shape index (κ2) is 62.4. The Morgan fingerprint density at radius 1 is 0.280 bits per heavy atom. The van der Waals surface area contributed by atoms with Gasteiger partial charge in [-0.1, -0.05) is 245 Å². The quantitative estimate of drug-likeness (QED) is 0.0261. The molecular weight excluding hydrogens is 925 g/mol. The fraction of sp³-hybridized carbons (Fsp3) is 0.667. The van der Waals surface area contributed by atoms with Crippen LogP contribution < -0.4 is 0 Å². The molecule has 0 aliphatic rings. The molecule has 0 N–H and O–H groups in total. The van der Waals surface area contributed by atoms with Crippen LogP contribution in [0.15, 0.2) is 122 Å². The summed E-state index contributed by atoms with van der Waals surface area (Å²) in [5.74, 6) is -0.926. The number of esters is 3. The summed E-state index contributed by atoms with van der Waals surface area (Å²) in [4.78, 5) is 38.2. The molecule has 0 radical (unpaired) electrons. The summed E-state index contributed by atoms with van der Waals surface area (Å²) in [6.07, 6.45) is 86.2. The fourth-order valence-electron chi connectivity index (χ4n) is 8.27. The number of unbranched alkanes of at least 4 members (excludes halogenated alkanes) is 24. The molecule has 0 rings (SSSR count). The lowest BCUT2D eigenvalue weighted by atomic mass is 10.1. The zero-order valence-corrected chi connectivity index (χ0v) is 48.8. The van der Waals surface area contributed by atoms with E-state index >= 15 is 0 Å². The number of carbonyl (C=O) groups excluding carboxylic acids is 3. The lowest BCUT2D eigenvalue weighted by molar-refractivity contribution is -0.167. The molecule has 6 nitrogen and oxygen atoms in total. The van der Waals surface area contributed by atoms with Crippen molar-refractivity contribution in [3.05, 3.63) is 122 Å². The molecule has 0 spiro atoms. The zero-order valence-electron chi connectivity index (χ0n) is 48.8. The average Bonchev–Trinajstić information content (AvgIpc) is 3.41. The van der Waals surface area contributed by atoms with Crippen molar-refractivity contribution in [2.75, 3.05) is 13.2 Å². The maximum Gasteiger partial charge on any atom is 0.306 e. The second-order valence-electron chi connectivity index (χ2n) is 20.2. The van der Waals surface area contributed by atoms with Gasteiger partial charge in [0.1, 0.15) is 13.2 Å². The number of allylic oxidation sites excluding steroid dienone is 20. The molecule has 0 saturated carbocycles. The van der Waals surface area contributed by atoms with E-state index in [0.29, 0.717) is 19.3 Å². The molecule has 0 heterocycles. The van der Waals surface area contributed by atoms with Crippen LogP contribution in [0.3, 0.4) is 0 Å². The Kier molecular flexibility index (Phi) is 58.9. The number of hydrogen-bond donors (Lipinski definition) is 0. The van der Waals surface area contributed by atoms with E-state index in [0.717, 1.165) is 148 Å². The van der Waals surface area contributed by atoms with Crippen molar-refractivity contribution in [2.24, 2.45) is 0 Å². The fourth-order valence-corrected chi connectivity index (χ4v) is 8.27. The third kappa shape index (κ3) is 60.6. The Morgan fingerprint density at radius 3 is 0.853 bits per heavy atom. The molecular formula is C69H114O6. The van der Waals surface area contributed by atoms with Crippen molar-refractivity contribution in [3.63, 3.8) is 0 Å². The van der Waals surface area contributed by atoms with Gasteiger partial charge < -0.3 is 14.2 Å². The molecule has 0 amide bonds. The van der Waals surface area contributed by atoms with E-state index in [1.165, 1.54) is 89.9 Å². The highest BCUT2D eigenvalue weighted by molar-refractivity contribution is 5.71. The lowest BCUT2D eigenvalue weighted by Crippen LogP contribution is -2.30. The third-order valence-corrected chi connectivity index (χ3v) is 12.9. The number of carbonyl (C=O) groups is 3. The second-order valence-corrected chi connectivity index (χ2v) is 20.2. The van der Waals surface area contributed by atoms with Gasteiger partial charge in [-0.05, 0) is 135 Å². The van der Waals surface area contributed by atoms with Crippen molar-refractivity contribution >= 4 is 17.9 Å². The van der Waals surface area contributed by atoms with Crippen LogP contribution in [0.5, 0.6) is 0 Å². The maximum absolute atomic E-state index is 12.9. The van der Waals surface area contributed by atoms with Gasteiger partial charge in [-0.2, -0.15) is 0 Å². The van der Waals surface area contributed by atoms with E-state index < -0.39 is 6.10 Å². The Hall–Kier alpha value is -4.19. The highest BCUT2D eigenvalue weighted by Gasteiger charge is 2.19. The minimum atomic E-state index is -0.797. The first-order valence-electron chi connectivity index (χ1n) is 31.0. The van der Waals surface area contributed by atoms with Gasteiger partial charge in [-0.25, -0.2) is 0 Å². The van der Waals surface area contributed by atoms with E-state index in [1.54, 1.807) is 0 Å². The van der Waals surface area contributed by atoms with Gasteiger partial charge in [0.2, 0.25) is 0 Å². The largest absolute Gasteiger partial charge is 0.462 e. The van der Waals surface area contributed by atoms with Crippen LogP contribution >= 0.6 is 0 Å². The topological polar surface area (TPSA) is 78.9 Å². The average molecular weight is 1040 g/mol. The molecule has 0 saturated heterocycles. The van der Waals surface area contributed by atoms with Gasteiger partial charge in [0.15, 0.2) is 6.10 Å². The van der Waals surface area contributed by atoms with Crippen LogP contribution in [0, 0.1) is 0 Å². The summed E-state index contributed by atoms with van der Waals surface area (Å²) in [6.45, 7) is 6.46. The molecule has 6 heteroatoms.